The lowest BCUT2D eigenvalue weighted by Gasteiger charge is -2.40. The Hall–Kier alpha value is -3.10. The van der Waals surface area contributed by atoms with Crippen LogP contribution in [0, 0.1) is 11.6 Å². The first-order valence-electron chi connectivity index (χ1n) is 11.6. The lowest BCUT2D eigenvalue weighted by molar-refractivity contribution is -0.138. The minimum Gasteiger partial charge on any atom is -0.340 e. The van der Waals surface area contributed by atoms with Gasteiger partial charge in [0.25, 0.3) is 0 Å². The maximum atomic E-state index is 13.5. The lowest BCUT2D eigenvalue weighted by atomic mass is 9.96. The SMILES string of the molecule is C=C1CCN(C(=O)C(N)CC(=O)N2CCN(C(c3ccc(F)cc3)c3ccc(F)cc3)CC2)C1. The number of carbonyl (C=O) groups is 2. The van der Waals surface area contributed by atoms with Crippen LogP contribution in [0.4, 0.5) is 8.78 Å². The van der Waals surface area contributed by atoms with Crippen LogP contribution in [-0.4, -0.2) is 71.8 Å². The number of nitrogens with zero attached hydrogens (tertiary/aromatic N) is 3. The average Bonchev–Trinajstić information content (AvgIpc) is 3.27. The summed E-state index contributed by atoms with van der Waals surface area (Å²) in [5, 5.41) is 0. The Morgan fingerprint density at radius 1 is 0.853 bits per heavy atom. The van der Waals surface area contributed by atoms with Gasteiger partial charge in [-0.15, -0.1) is 0 Å². The van der Waals surface area contributed by atoms with Gasteiger partial charge in [-0.2, -0.15) is 0 Å². The Balaban J connectivity index is 1.39. The number of nitrogens with two attached hydrogens (primary N) is 1. The standard InChI is InChI=1S/C26H30F2N4O2/c1-18-10-11-32(17-18)26(34)23(29)16-24(33)30-12-14-31(15-13-30)25(19-2-6-21(27)7-3-19)20-4-8-22(28)9-5-20/h2-9,23,25H,1,10-17,29H2. The Bertz CT molecular complexity index is 988. The molecule has 2 aromatic carbocycles. The maximum Gasteiger partial charge on any atom is 0.240 e. The Labute approximate surface area is 198 Å². The number of carbonyl (C=O) groups excluding carboxylic acids is 2. The van der Waals surface area contributed by atoms with Crippen LogP contribution in [0.1, 0.15) is 30.0 Å². The second-order valence-corrected chi connectivity index (χ2v) is 8.99. The first-order valence-corrected chi connectivity index (χ1v) is 11.6. The van der Waals surface area contributed by atoms with Crippen LogP contribution in [-0.2, 0) is 9.59 Å². The summed E-state index contributed by atoms with van der Waals surface area (Å²) < 4.78 is 27.0. The molecule has 4 rings (SSSR count). The molecular weight excluding hydrogens is 438 g/mol. The second kappa shape index (κ2) is 10.4. The molecule has 6 nitrogen and oxygen atoms in total. The number of hydrogen-bond donors (Lipinski definition) is 1. The molecule has 2 heterocycles. The van der Waals surface area contributed by atoms with E-state index < -0.39 is 6.04 Å². The van der Waals surface area contributed by atoms with E-state index in [0.29, 0.717) is 39.3 Å². The van der Waals surface area contributed by atoms with Gasteiger partial charge in [-0.3, -0.25) is 14.5 Å². The molecule has 0 aliphatic carbocycles. The molecule has 0 bridgehead atoms. The monoisotopic (exact) mass is 468 g/mol. The molecule has 0 aromatic heterocycles. The summed E-state index contributed by atoms with van der Waals surface area (Å²) in [5.74, 6) is -0.987. The number of piperazine rings is 1. The van der Waals surface area contributed by atoms with Crippen LogP contribution in [0.2, 0.25) is 0 Å². The van der Waals surface area contributed by atoms with Gasteiger partial charge in [0.1, 0.15) is 11.6 Å². The summed E-state index contributed by atoms with van der Waals surface area (Å²) in [7, 11) is 0. The van der Waals surface area contributed by atoms with Gasteiger partial charge in [-0.05, 0) is 41.8 Å². The number of halogens is 2. The summed E-state index contributed by atoms with van der Waals surface area (Å²) >= 11 is 0. The smallest absolute Gasteiger partial charge is 0.240 e. The maximum absolute atomic E-state index is 13.5. The van der Waals surface area contributed by atoms with Crippen LogP contribution in [0.15, 0.2) is 60.7 Å². The van der Waals surface area contributed by atoms with Gasteiger partial charge >= 0.3 is 0 Å². The summed E-state index contributed by atoms with van der Waals surface area (Å²) in [6.07, 6.45) is 0.749. The minimum absolute atomic E-state index is 0.0266. The first-order chi connectivity index (χ1) is 16.3. The van der Waals surface area contributed by atoms with Gasteiger partial charge in [0.05, 0.1) is 18.5 Å². The molecular formula is C26H30F2N4O2. The van der Waals surface area contributed by atoms with Crippen molar-refractivity contribution < 1.29 is 18.4 Å². The number of hydrogen-bond acceptors (Lipinski definition) is 4. The van der Waals surface area contributed by atoms with Crippen LogP contribution in [0.25, 0.3) is 0 Å². The molecule has 1 atom stereocenters. The van der Waals surface area contributed by atoms with E-state index in [2.05, 4.69) is 11.5 Å². The van der Waals surface area contributed by atoms with Gasteiger partial charge in [0, 0.05) is 39.3 Å². The Morgan fingerprint density at radius 2 is 1.38 bits per heavy atom. The molecule has 8 heteroatoms. The van der Waals surface area contributed by atoms with Crippen molar-refractivity contribution >= 4 is 11.8 Å². The molecule has 2 amide bonds. The number of likely N-dealkylation sites (tertiary alicyclic amines) is 1. The second-order valence-electron chi connectivity index (χ2n) is 8.99. The van der Waals surface area contributed by atoms with E-state index in [1.54, 1.807) is 34.1 Å². The average molecular weight is 469 g/mol. The highest BCUT2D eigenvalue weighted by molar-refractivity contribution is 5.88. The summed E-state index contributed by atoms with van der Waals surface area (Å²) in [5.41, 5.74) is 8.85. The highest BCUT2D eigenvalue weighted by Crippen LogP contribution is 2.30. The van der Waals surface area contributed by atoms with Crippen molar-refractivity contribution in [2.45, 2.75) is 24.9 Å². The number of benzene rings is 2. The van der Waals surface area contributed by atoms with E-state index in [0.717, 1.165) is 23.1 Å². The van der Waals surface area contributed by atoms with Crippen molar-refractivity contribution in [3.05, 3.63) is 83.4 Å². The Morgan fingerprint density at radius 3 is 1.85 bits per heavy atom. The van der Waals surface area contributed by atoms with Gasteiger partial charge in [0.15, 0.2) is 0 Å². The molecule has 2 saturated heterocycles. The molecule has 2 N–H and O–H groups in total. The van der Waals surface area contributed by atoms with Crippen molar-refractivity contribution in [2.75, 3.05) is 39.3 Å². The summed E-state index contributed by atoms with van der Waals surface area (Å²) in [6.45, 7) is 7.15. The summed E-state index contributed by atoms with van der Waals surface area (Å²) in [6, 6.07) is 11.6. The fourth-order valence-corrected chi connectivity index (χ4v) is 4.68. The van der Waals surface area contributed by atoms with E-state index in [1.807, 2.05) is 0 Å². The molecule has 0 radical (unpaired) electrons. The molecule has 0 spiro atoms. The first kappa shape index (κ1) is 24.0. The largest absolute Gasteiger partial charge is 0.340 e. The van der Waals surface area contributed by atoms with Crippen LogP contribution < -0.4 is 5.73 Å². The van der Waals surface area contributed by atoms with Crippen LogP contribution in [0.5, 0.6) is 0 Å². The highest BCUT2D eigenvalue weighted by Gasteiger charge is 2.31. The van der Waals surface area contributed by atoms with Crippen molar-refractivity contribution in [3.63, 3.8) is 0 Å². The van der Waals surface area contributed by atoms with Gasteiger partial charge in [0.2, 0.25) is 11.8 Å². The highest BCUT2D eigenvalue weighted by atomic mass is 19.1. The van der Waals surface area contributed by atoms with E-state index in [1.165, 1.54) is 24.3 Å². The predicted octanol–water partition coefficient (Wildman–Crippen LogP) is 2.70. The zero-order chi connectivity index (χ0) is 24.2. The van der Waals surface area contributed by atoms with Gasteiger partial charge in [-0.25, -0.2) is 8.78 Å². The Kier molecular flexibility index (Phi) is 7.38. The molecule has 2 aromatic rings. The van der Waals surface area contributed by atoms with E-state index in [9.17, 15) is 18.4 Å². The van der Waals surface area contributed by atoms with Crippen LogP contribution >= 0.6 is 0 Å². The quantitative estimate of drug-likeness (QED) is 0.662. The predicted molar refractivity (Wildman–Crippen MR) is 126 cm³/mol. The normalized spacial score (nSPS) is 17.9. The van der Waals surface area contributed by atoms with E-state index in [4.69, 9.17) is 5.73 Å². The topological polar surface area (TPSA) is 69.9 Å². The molecule has 2 fully saturated rings. The van der Waals surface area contributed by atoms with Gasteiger partial charge < -0.3 is 15.5 Å². The zero-order valence-electron chi connectivity index (χ0n) is 19.1. The fourth-order valence-electron chi connectivity index (χ4n) is 4.68. The van der Waals surface area contributed by atoms with Crippen LogP contribution in [0.3, 0.4) is 0 Å². The van der Waals surface area contributed by atoms with Crippen molar-refractivity contribution in [1.29, 1.82) is 0 Å². The van der Waals surface area contributed by atoms with Crippen molar-refractivity contribution in [1.82, 2.24) is 14.7 Å². The minimum atomic E-state index is -0.859. The molecule has 2 aliphatic rings. The van der Waals surface area contributed by atoms with E-state index >= 15 is 0 Å². The fraction of sp³-hybridized carbons (Fsp3) is 0.385. The number of amides is 2. The molecule has 1 unspecified atom stereocenters. The van der Waals surface area contributed by atoms with Crippen molar-refractivity contribution in [2.24, 2.45) is 5.73 Å². The third kappa shape index (κ3) is 5.51. The molecule has 34 heavy (non-hydrogen) atoms. The third-order valence-corrected chi connectivity index (χ3v) is 6.58. The van der Waals surface area contributed by atoms with Crippen molar-refractivity contribution in [3.8, 4) is 0 Å². The molecule has 180 valence electrons. The summed E-state index contributed by atoms with van der Waals surface area (Å²) in [4.78, 5) is 31.0. The molecule has 0 saturated carbocycles. The van der Waals surface area contributed by atoms with Gasteiger partial charge in [-0.1, -0.05) is 36.4 Å². The zero-order valence-corrected chi connectivity index (χ0v) is 19.1. The third-order valence-electron chi connectivity index (χ3n) is 6.58. The van der Waals surface area contributed by atoms with E-state index in [-0.39, 0.29) is 35.9 Å². The number of rotatable bonds is 6. The lowest BCUT2D eigenvalue weighted by Crippen LogP contribution is -2.52. The molecule has 2 aliphatic heterocycles.